The van der Waals surface area contributed by atoms with E-state index in [0.717, 1.165) is 11.2 Å². The lowest BCUT2D eigenvalue weighted by Crippen LogP contribution is -2.12. The van der Waals surface area contributed by atoms with Gasteiger partial charge in [-0.05, 0) is 13.0 Å². The number of aliphatic hydroxyl groups is 1. The van der Waals surface area contributed by atoms with Crippen molar-refractivity contribution < 1.29 is 5.11 Å². The van der Waals surface area contributed by atoms with Gasteiger partial charge in [0.2, 0.25) is 0 Å². The van der Waals surface area contributed by atoms with Gasteiger partial charge in [-0.2, -0.15) is 5.10 Å². The summed E-state index contributed by atoms with van der Waals surface area (Å²) in [5.41, 5.74) is 6.89. The molecule has 0 amide bonds. The minimum atomic E-state index is -0.635. The minimum absolute atomic E-state index is 0.208. The van der Waals surface area contributed by atoms with Gasteiger partial charge in [0.15, 0.2) is 5.65 Å². The molecular weight excluding hydrogens is 180 g/mol. The Morgan fingerprint density at radius 2 is 2.36 bits per heavy atom. The molecule has 0 aliphatic heterocycles. The molecule has 0 bridgehead atoms. The van der Waals surface area contributed by atoms with Gasteiger partial charge in [-0.15, -0.1) is 0 Å². The lowest BCUT2D eigenvalue weighted by Gasteiger charge is -2.06. The molecule has 0 saturated carbocycles. The molecule has 2 aromatic heterocycles. The molecular formula is C9H12N4O. The highest BCUT2D eigenvalue weighted by atomic mass is 16.3. The van der Waals surface area contributed by atoms with Crippen LogP contribution >= 0.6 is 0 Å². The quantitative estimate of drug-likeness (QED) is 0.703. The first-order valence-corrected chi connectivity index (χ1v) is 4.42. The number of fused-ring (bicyclic) bond motifs is 1. The summed E-state index contributed by atoms with van der Waals surface area (Å²) in [7, 11) is 0. The van der Waals surface area contributed by atoms with Gasteiger partial charge in [0.25, 0.3) is 0 Å². The van der Waals surface area contributed by atoms with Crippen LogP contribution in [0.1, 0.15) is 17.5 Å². The minimum Gasteiger partial charge on any atom is -0.387 e. The smallest absolute Gasteiger partial charge is 0.155 e. The highest BCUT2D eigenvalue weighted by molar-refractivity contribution is 5.38. The van der Waals surface area contributed by atoms with Gasteiger partial charge in [-0.1, -0.05) is 6.07 Å². The lowest BCUT2D eigenvalue weighted by molar-refractivity contribution is 0.186. The Morgan fingerprint density at radius 3 is 3.07 bits per heavy atom. The Hall–Kier alpha value is -1.46. The molecule has 0 saturated heterocycles. The topological polar surface area (TPSA) is 76.4 Å². The fourth-order valence-corrected chi connectivity index (χ4v) is 1.34. The standard InChI is InChI=1S/C9H12N4O/c1-6-11-9-3-2-7(8(14)4-10)5-13(9)12-6/h2-3,5,8,14H,4,10H2,1H3. The average Bonchev–Trinajstić information content (AvgIpc) is 2.55. The van der Waals surface area contributed by atoms with Gasteiger partial charge in [-0.25, -0.2) is 9.50 Å². The van der Waals surface area contributed by atoms with E-state index in [9.17, 15) is 5.11 Å². The van der Waals surface area contributed by atoms with Gasteiger partial charge in [0.1, 0.15) is 5.82 Å². The van der Waals surface area contributed by atoms with E-state index in [4.69, 9.17) is 5.73 Å². The first-order chi connectivity index (χ1) is 6.70. The largest absolute Gasteiger partial charge is 0.387 e. The predicted molar refractivity (Wildman–Crippen MR) is 51.7 cm³/mol. The Bertz CT molecular complexity index is 451. The third kappa shape index (κ3) is 1.47. The Kier molecular flexibility index (Phi) is 2.18. The zero-order valence-corrected chi connectivity index (χ0v) is 7.88. The van der Waals surface area contributed by atoms with Crippen molar-refractivity contribution in [2.24, 2.45) is 5.73 Å². The zero-order chi connectivity index (χ0) is 10.1. The number of pyridine rings is 1. The number of aryl methyl sites for hydroxylation is 1. The Morgan fingerprint density at radius 1 is 1.57 bits per heavy atom. The molecule has 14 heavy (non-hydrogen) atoms. The highest BCUT2D eigenvalue weighted by Crippen LogP contribution is 2.12. The summed E-state index contributed by atoms with van der Waals surface area (Å²) in [5, 5.41) is 13.7. The van der Waals surface area contributed by atoms with E-state index in [0.29, 0.717) is 5.82 Å². The predicted octanol–water partition coefficient (Wildman–Crippen LogP) is 0.0298. The van der Waals surface area contributed by atoms with Gasteiger partial charge in [0.05, 0.1) is 6.10 Å². The number of hydrogen-bond donors (Lipinski definition) is 2. The van der Waals surface area contributed by atoms with Crippen molar-refractivity contribution in [2.45, 2.75) is 13.0 Å². The van der Waals surface area contributed by atoms with E-state index >= 15 is 0 Å². The van der Waals surface area contributed by atoms with E-state index in [1.807, 2.05) is 13.0 Å². The molecule has 0 aliphatic rings. The third-order valence-electron chi connectivity index (χ3n) is 2.07. The Balaban J connectivity index is 2.50. The van der Waals surface area contributed by atoms with Crippen molar-refractivity contribution in [1.29, 1.82) is 0 Å². The number of nitrogens with two attached hydrogens (primary N) is 1. The molecule has 1 unspecified atom stereocenters. The second-order valence-electron chi connectivity index (χ2n) is 3.18. The van der Waals surface area contributed by atoms with E-state index in [1.54, 1.807) is 16.8 Å². The molecule has 5 nitrogen and oxygen atoms in total. The second kappa shape index (κ2) is 3.36. The Labute approximate surface area is 81.2 Å². The fraction of sp³-hybridized carbons (Fsp3) is 0.333. The molecule has 2 rings (SSSR count). The van der Waals surface area contributed by atoms with Crippen molar-refractivity contribution in [3.05, 3.63) is 29.7 Å². The normalized spacial score (nSPS) is 13.4. The summed E-state index contributed by atoms with van der Waals surface area (Å²) in [5.74, 6) is 0.712. The molecule has 2 aromatic rings. The number of rotatable bonds is 2. The zero-order valence-electron chi connectivity index (χ0n) is 7.88. The number of hydrogen-bond acceptors (Lipinski definition) is 4. The van der Waals surface area contributed by atoms with Crippen molar-refractivity contribution >= 4 is 5.65 Å². The highest BCUT2D eigenvalue weighted by Gasteiger charge is 2.06. The number of aromatic nitrogens is 3. The van der Waals surface area contributed by atoms with Crippen LogP contribution in [0.5, 0.6) is 0 Å². The van der Waals surface area contributed by atoms with Crippen LogP contribution < -0.4 is 5.73 Å². The molecule has 5 heteroatoms. The van der Waals surface area contributed by atoms with Crippen LogP contribution in [0.2, 0.25) is 0 Å². The van der Waals surface area contributed by atoms with Crippen LogP contribution in [0.4, 0.5) is 0 Å². The first kappa shape index (κ1) is 9.11. The van der Waals surface area contributed by atoms with Crippen molar-refractivity contribution in [2.75, 3.05) is 6.54 Å². The second-order valence-corrected chi connectivity index (χ2v) is 3.18. The maximum Gasteiger partial charge on any atom is 0.155 e. The van der Waals surface area contributed by atoms with Gasteiger partial charge in [-0.3, -0.25) is 0 Å². The van der Waals surface area contributed by atoms with E-state index in [-0.39, 0.29) is 6.54 Å². The fourth-order valence-electron chi connectivity index (χ4n) is 1.34. The van der Waals surface area contributed by atoms with E-state index in [2.05, 4.69) is 10.1 Å². The molecule has 0 aromatic carbocycles. The summed E-state index contributed by atoms with van der Waals surface area (Å²) < 4.78 is 1.64. The first-order valence-electron chi connectivity index (χ1n) is 4.42. The van der Waals surface area contributed by atoms with Gasteiger partial charge >= 0.3 is 0 Å². The summed E-state index contributed by atoms with van der Waals surface area (Å²) in [4.78, 5) is 4.18. The van der Waals surface area contributed by atoms with Crippen LogP contribution in [-0.4, -0.2) is 26.2 Å². The molecule has 0 fully saturated rings. The van der Waals surface area contributed by atoms with E-state index < -0.39 is 6.10 Å². The molecule has 0 radical (unpaired) electrons. The number of aliphatic hydroxyl groups excluding tert-OH is 1. The summed E-state index contributed by atoms with van der Waals surface area (Å²) >= 11 is 0. The summed E-state index contributed by atoms with van der Waals surface area (Å²) in [6.45, 7) is 2.03. The van der Waals surface area contributed by atoms with Crippen LogP contribution in [-0.2, 0) is 0 Å². The molecule has 0 spiro atoms. The molecule has 0 aliphatic carbocycles. The van der Waals surface area contributed by atoms with Gasteiger partial charge < -0.3 is 10.8 Å². The van der Waals surface area contributed by atoms with Crippen molar-refractivity contribution in [1.82, 2.24) is 14.6 Å². The van der Waals surface area contributed by atoms with Crippen LogP contribution in [0.3, 0.4) is 0 Å². The number of nitrogens with zero attached hydrogens (tertiary/aromatic N) is 3. The van der Waals surface area contributed by atoms with Gasteiger partial charge in [0, 0.05) is 18.3 Å². The maximum atomic E-state index is 9.51. The molecule has 3 N–H and O–H groups in total. The van der Waals surface area contributed by atoms with Crippen LogP contribution in [0, 0.1) is 6.92 Å². The summed E-state index contributed by atoms with van der Waals surface area (Å²) in [6.07, 6.45) is 1.11. The van der Waals surface area contributed by atoms with Crippen LogP contribution in [0.15, 0.2) is 18.3 Å². The monoisotopic (exact) mass is 192 g/mol. The van der Waals surface area contributed by atoms with Crippen molar-refractivity contribution in [3.8, 4) is 0 Å². The third-order valence-corrected chi connectivity index (χ3v) is 2.07. The molecule has 2 heterocycles. The maximum absolute atomic E-state index is 9.51. The van der Waals surface area contributed by atoms with Crippen molar-refractivity contribution in [3.63, 3.8) is 0 Å². The lowest BCUT2D eigenvalue weighted by atomic mass is 10.2. The van der Waals surface area contributed by atoms with E-state index in [1.165, 1.54) is 0 Å². The molecule has 1 atom stereocenters. The molecule has 74 valence electrons. The SMILES string of the molecule is Cc1nc2ccc(C(O)CN)cn2n1. The summed E-state index contributed by atoms with van der Waals surface area (Å²) in [6, 6.07) is 3.62. The van der Waals surface area contributed by atoms with Crippen LogP contribution in [0.25, 0.3) is 5.65 Å². The average molecular weight is 192 g/mol.